The average Bonchev–Trinajstić information content (AvgIpc) is 2.54. The van der Waals surface area contributed by atoms with Crippen LogP contribution in [0.25, 0.3) is 0 Å². The van der Waals surface area contributed by atoms with Crippen molar-refractivity contribution in [1.82, 2.24) is 0 Å². The summed E-state index contributed by atoms with van der Waals surface area (Å²) < 4.78 is 28.4. The molecule has 126 valence electrons. The van der Waals surface area contributed by atoms with Crippen molar-refractivity contribution >= 4 is 11.7 Å². The van der Waals surface area contributed by atoms with E-state index in [1.165, 1.54) is 14.2 Å². The number of ether oxygens (including phenoxy) is 3. The van der Waals surface area contributed by atoms with E-state index in [-0.39, 0.29) is 6.42 Å². The fourth-order valence-electron chi connectivity index (χ4n) is 2.04. The van der Waals surface area contributed by atoms with E-state index in [1.807, 2.05) is 0 Å². The monoisotopic (exact) mass is 335 g/mol. The first-order chi connectivity index (χ1) is 11.4. The van der Waals surface area contributed by atoms with Crippen molar-refractivity contribution in [3.05, 3.63) is 57.9 Å². The van der Waals surface area contributed by atoms with Gasteiger partial charge in [-0.15, -0.1) is 0 Å². The van der Waals surface area contributed by atoms with Crippen LogP contribution in [-0.4, -0.2) is 25.1 Å². The van der Waals surface area contributed by atoms with E-state index >= 15 is 0 Å². The molecule has 0 bridgehead atoms. The number of nitrogens with zero attached hydrogens (tertiary/aromatic N) is 1. The van der Waals surface area contributed by atoms with E-state index in [4.69, 9.17) is 14.2 Å². The summed E-state index contributed by atoms with van der Waals surface area (Å²) in [7, 11) is 2.94. The van der Waals surface area contributed by atoms with Crippen LogP contribution in [0.4, 0.5) is 10.1 Å². The largest absolute Gasteiger partial charge is 0.493 e. The number of esters is 1. The number of benzene rings is 2. The average molecular weight is 335 g/mol. The lowest BCUT2D eigenvalue weighted by Gasteiger charge is -2.09. The predicted octanol–water partition coefficient (Wildman–Crippen LogP) is 2.90. The molecule has 0 saturated heterocycles. The number of halogens is 1. The van der Waals surface area contributed by atoms with E-state index in [2.05, 4.69) is 0 Å². The molecule has 0 amide bonds. The first kappa shape index (κ1) is 17.2. The summed E-state index contributed by atoms with van der Waals surface area (Å²) in [6.07, 6.45) is -0.173. The first-order valence-electron chi connectivity index (χ1n) is 6.80. The zero-order valence-electron chi connectivity index (χ0n) is 12.9. The molecule has 0 aliphatic rings. The van der Waals surface area contributed by atoms with Crippen LogP contribution in [-0.2, 0) is 11.2 Å². The Bertz CT molecular complexity index is 777. The quantitative estimate of drug-likeness (QED) is 0.349. The van der Waals surface area contributed by atoms with Crippen molar-refractivity contribution < 1.29 is 28.3 Å². The van der Waals surface area contributed by atoms with Crippen LogP contribution in [0.15, 0.2) is 36.4 Å². The number of hydrogen-bond donors (Lipinski definition) is 0. The topological polar surface area (TPSA) is 87.9 Å². The molecule has 0 aromatic heterocycles. The van der Waals surface area contributed by atoms with Gasteiger partial charge in [0.1, 0.15) is 5.82 Å². The first-order valence-corrected chi connectivity index (χ1v) is 6.80. The van der Waals surface area contributed by atoms with Crippen molar-refractivity contribution in [3.63, 3.8) is 0 Å². The Kier molecular flexibility index (Phi) is 5.31. The molecule has 0 unspecified atom stereocenters. The normalized spacial score (nSPS) is 10.1. The van der Waals surface area contributed by atoms with Gasteiger partial charge in [0.15, 0.2) is 11.5 Å². The van der Waals surface area contributed by atoms with E-state index in [0.29, 0.717) is 17.1 Å². The molecule has 0 saturated carbocycles. The Morgan fingerprint density at radius 3 is 2.42 bits per heavy atom. The van der Waals surface area contributed by atoms with Crippen LogP contribution in [0.3, 0.4) is 0 Å². The van der Waals surface area contributed by atoms with Crippen LogP contribution in [0.2, 0.25) is 0 Å². The van der Waals surface area contributed by atoms with Crippen molar-refractivity contribution in [1.29, 1.82) is 0 Å². The summed E-state index contributed by atoms with van der Waals surface area (Å²) in [4.78, 5) is 22.1. The van der Waals surface area contributed by atoms with E-state index in [1.54, 1.807) is 18.2 Å². The second kappa shape index (κ2) is 7.40. The number of carbonyl (C=O) groups is 1. The molecule has 0 heterocycles. The summed E-state index contributed by atoms with van der Waals surface area (Å²) in [5, 5.41) is 10.9. The molecule has 0 aliphatic carbocycles. The van der Waals surface area contributed by atoms with Gasteiger partial charge in [0.05, 0.1) is 25.6 Å². The summed E-state index contributed by atoms with van der Waals surface area (Å²) in [5.41, 5.74) is 0.0637. The Labute approximate surface area is 136 Å². The van der Waals surface area contributed by atoms with Gasteiger partial charge in [-0.1, -0.05) is 6.07 Å². The molecule has 0 fully saturated rings. The summed E-state index contributed by atoms with van der Waals surface area (Å²) in [6.45, 7) is 0. The number of hydrogen-bond acceptors (Lipinski definition) is 6. The highest BCUT2D eigenvalue weighted by Crippen LogP contribution is 2.29. The maximum absolute atomic E-state index is 13.2. The van der Waals surface area contributed by atoms with Crippen LogP contribution < -0.4 is 14.2 Å². The summed E-state index contributed by atoms with van der Waals surface area (Å²) >= 11 is 0. The summed E-state index contributed by atoms with van der Waals surface area (Å²) in [6, 6.07) is 7.48. The predicted molar refractivity (Wildman–Crippen MR) is 81.9 cm³/mol. The fraction of sp³-hybridized carbons (Fsp3) is 0.188. The third-order valence-corrected chi connectivity index (χ3v) is 3.14. The minimum Gasteiger partial charge on any atom is -0.493 e. The third kappa shape index (κ3) is 3.97. The van der Waals surface area contributed by atoms with Gasteiger partial charge in [0.25, 0.3) is 0 Å². The highest BCUT2D eigenvalue weighted by molar-refractivity contribution is 5.76. The lowest BCUT2D eigenvalue weighted by molar-refractivity contribution is -0.385. The molecule has 0 spiro atoms. The van der Waals surface area contributed by atoms with Gasteiger partial charge in [-0.3, -0.25) is 14.9 Å². The van der Waals surface area contributed by atoms with E-state index in [0.717, 1.165) is 18.2 Å². The van der Waals surface area contributed by atoms with Gasteiger partial charge in [-0.2, -0.15) is 0 Å². The molecule has 0 aliphatic heterocycles. The van der Waals surface area contributed by atoms with Gasteiger partial charge >= 0.3 is 11.7 Å². The van der Waals surface area contributed by atoms with E-state index < -0.39 is 28.1 Å². The minimum atomic E-state index is -0.768. The van der Waals surface area contributed by atoms with Crippen LogP contribution in [0.5, 0.6) is 17.2 Å². The maximum Gasteiger partial charge on any atom is 0.315 e. The van der Waals surface area contributed by atoms with Crippen LogP contribution in [0, 0.1) is 15.9 Å². The van der Waals surface area contributed by atoms with E-state index in [9.17, 15) is 19.3 Å². The van der Waals surface area contributed by atoms with Gasteiger partial charge in [0, 0.05) is 12.1 Å². The SMILES string of the molecule is COc1ccc(CC(=O)Oc2cc(F)ccc2[N+](=O)[O-])cc1OC. The molecule has 8 heteroatoms. The molecule has 24 heavy (non-hydrogen) atoms. The smallest absolute Gasteiger partial charge is 0.315 e. The van der Waals surface area contributed by atoms with Gasteiger partial charge in [-0.05, 0) is 23.8 Å². The Morgan fingerprint density at radius 1 is 1.08 bits per heavy atom. The van der Waals surface area contributed by atoms with Crippen LogP contribution >= 0.6 is 0 Å². The molecule has 7 nitrogen and oxygen atoms in total. The van der Waals surface area contributed by atoms with Crippen molar-refractivity contribution in [3.8, 4) is 17.2 Å². The number of rotatable bonds is 6. The number of carbonyl (C=O) groups excluding carboxylic acids is 1. The molecule has 0 radical (unpaired) electrons. The molecular weight excluding hydrogens is 321 g/mol. The lowest BCUT2D eigenvalue weighted by atomic mass is 10.1. The molecule has 2 aromatic carbocycles. The van der Waals surface area contributed by atoms with Gasteiger partial charge in [0.2, 0.25) is 5.75 Å². The van der Waals surface area contributed by atoms with Crippen molar-refractivity contribution in [2.24, 2.45) is 0 Å². The molecule has 2 aromatic rings. The highest BCUT2D eigenvalue weighted by Gasteiger charge is 2.19. The zero-order valence-corrected chi connectivity index (χ0v) is 12.9. The van der Waals surface area contributed by atoms with Gasteiger partial charge in [-0.25, -0.2) is 4.39 Å². The zero-order chi connectivity index (χ0) is 17.7. The molecule has 0 N–H and O–H groups in total. The lowest BCUT2D eigenvalue weighted by Crippen LogP contribution is -2.12. The van der Waals surface area contributed by atoms with Crippen LogP contribution in [0.1, 0.15) is 5.56 Å². The number of nitro groups is 1. The fourth-order valence-corrected chi connectivity index (χ4v) is 2.04. The standard InChI is InChI=1S/C16H14FNO6/c1-22-13-6-3-10(7-15(13)23-2)8-16(19)24-14-9-11(17)4-5-12(14)18(20)21/h3-7,9H,8H2,1-2H3. The maximum atomic E-state index is 13.2. The highest BCUT2D eigenvalue weighted by atomic mass is 19.1. The minimum absolute atomic E-state index is 0.173. The molecule has 2 rings (SSSR count). The second-order valence-corrected chi connectivity index (χ2v) is 4.71. The Hall–Kier alpha value is -3.16. The molecule has 0 atom stereocenters. The molecular formula is C16H14FNO6. The van der Waals surface area contributed by atoms with Crippen molar-refractivity contribution in [2.75, 3.05) is 14.2 Å². The van der Waals surface area contributed by atoms with Crippen molar-refractivity contribution in [2.45, 2.75) is 6.42 Å². The van der Waals surface area contributed by atoms with Gasteiger partial charge < -0.3 is 14.2 Å². The number of methoxy groups -OCH3 is 2. The Morgan fingerprint density at radius 2 is 1.79 bits per heavy atom. The third-order valence-electron chi connectivity index (χ3n) is 3.14. The number of nitro benzene ring substituents is 1. The Balaban J connectivity index is 2.17. The second-order valence-electron chi connectivity index (χ2n) is 4.71. The summed E-state index contributed by atoms with van der Waals surface area (Å²) in [5.74, 6) is -1.02.